The van der Waals surface area contributed by atoms with Crippen LogP contribution in [0.4, 0.5) is 23.1 Å². The lowest BCUT2D eigenvalue weighted by Crippen LogP contribution is -2.48. The number of carbonyl (C=O) groups excluding carboxylic acids is 1. The number of fused-ring (bicyclic) bond motifs is 1. The molecule has 42 heavy (non-hydrogen) atoms. The van der Waals surface area contributed by atoms with Crippen molar-refractivity contribution in [2.75, 3.05) is 61.4 Å². The molecule has 1 atom stereocenters. The summed E-state index contributed by atoms with van der Waals surface area (Å²) in [5.74, 6) is 1.20. The van der Waals surface area contributed by atoms with E-state index in [1.807, 2.05) is 4.40 Å². The Balaban J connectivity index is 1.15. The van der Waals surface area contributed by atoms with E-state index in [0.717, 1.165) is 62.9 Å². The first-order chi connectivity index (χ1) is 20.2. The van der Waals surface area contributed by atoms with Gasteiger partial charge in [0.15, 0.2) is 11.5 Å². The van der Waals surface area contributed by atoms with Crippen LogP contribution in [-0.4, -0.2) is 92.5 Å². The van der Waals surface area contributed by atoms with Gasteiger partial charge in [0.05, 0.1) is 11.9 Å². The Hall–Kier alpha value is -4.32. The topological polar surface area (TPSA) is 120 Å². The fraction of sp³-hybridized carbons (Fsp3) is 0.467. The molecular formula is C30H39N11O. The number of imidazole rings is 1. The second-order valence-electron chi connectivity index (χ2n) is 12.2. The molecule has 1 amide bonds. The summed E-state index contributed by atoms with van der Waals surface area (Å²) in [5.41, 5.74) is 3.93. The monoisotopic (exact) mass is 569 g/mol. The molecule has 0 radical (unpaired) electrons. The highest BCUT2D eigenvalue weighted by atomic mass is 16.2. The smallest absolute Gasteiger partial charge is 0.271 e. The minimum atomic E-state index is -0.214. The van der Waals surface area contributed by atoms with Crippen LogP contribution in [0.5, 0.6) is 0 Å². The predicted octanol–water partition coefficient (Wildman–Crippen LogP) is 3.11. The van der Waals surface area contributed by atoms with Gasteiger partial charge in [0, 0.05) is 68.3 Å². The number of likely N-dealkylation sites (N-methyl/N-ethyl adjacent to an activating group) is 1. The van der Waals surface area contributed by atoms with Gasteiger partial charge in [0.2, 0.25) is 5.95 Å². The number of carbonyl (C=O) groups is 1. The van der Waals surface area contributed by atoms with Crippen LogP contribution >= 0.6 is 0 Å². The zero-order valence-electron chi connectivity index (χ0n) is 24.8. The van der Waals surface area contributed by atoms with Gasteiger partial charge in [0.25, 0.3) is 5.91 Å². The van der Waals surface area contributed by atoms with Crippen molar-refractivity contribution in [2.45, 2.75) is 45.1 Å². The largest absolute Gasteiger partial charge is 0.369 e. The summed E-state index contributed by atoms with van der Waals surface area (Å²) >= 11 is 0. The Morgan fingerprint density at radius 3 is 2.45 bits per heavy atom. The number of nitrogens with zero attached hydrogens (tertiary/aromatic N) is 9. The van der Waals surface area contributed by atoms with Crippen LogP contribution in [0.25, 0.3) is 5.65 Å². The maximum absolute atomic E-state index is 13.0. The molecule has 0 saturated carbocycles. The van der Waals surface area contributed by atoms with E-state index in [0.29, 0.717) is 23.7 Å². The molecule has 2 saturated heterocycles. The molecule has 0 aliphatic carbocycles. The number of piperazine rings is 1. The number of aromatic nitrogens is 6. The van der Waals surface area contributed by atoms with Crippen LogP contribution in [-0.2, 0) is 5.41 Å². The van der Waals surface area contributed by atoms with E-state index >= 15 is 0 Å². The van der Waals surface area contributed by atoms with E-state index < -0.39 is 0 Å². The van der Waals surface area contributed by atoms with Gasteiger partial charge in [0.1, 0.15) is 18.3 Å². The van der Waals surface area contributed by atoms with E-state index in [1.165, 1.54) is 12.0 Å². The molecule has 220 valence electrons. The molecule has 5 heterocycles. The molecule has 0 spiro atoms. The van der Waals surface area contributed by atoms with Crippen LogP contribution < -0.4 is 20.4 Å². The highest BCUT2D eigenvalue weighted by Gasteiger charge is 2.27. The van der Waals surface area contributed by atoms with Gasteiger partial charge in [-0.3, -0.25) is 14.2 Å². The van der Waals surface area contributed by atoms with E-state index in [2.05, 4.69) is 97.4 Å². The molecule has 6 rings (SSSR count). The fourth-order valence-electron chi connectivity index (χ4n) is 5.46. The van der Waals surface area contributed by atoms with E-state index in [1.54, 1.807) is 18.7 Å². The van der Waals surface area contributed by atoms with E-state index in [9.17, 15) is 4.79 Å². The van der Waals surface area contributed by atoms with Crippen LogP contribution in [0.15, 0.2) is 49.3 Å². The molecule has 3 aromatic heterocycles. The highest BCUT2D eigenvalue weighted by molar-refractivity contribution is 5.92. The Labute approximate surface area is 246 Å². The van der Waals surface area contributed by atoms with Gasteiger partial charge in [-0.05, 0) is 44.2 Å². The van der Waals surface area contributed by atoms with Gasteiger partial charge in [-0.15, -0.1) is 0 Å². The average molecular weight is 570 g/mol. The second kappa shape index (κ2) is 11.5. The fourth-order valence-corrected chi connectivity index (χ4v) is 5.46. The van der Waals surface area contributed by atoms with Crippen molar-refractivity contribution in [3.63, 3.8) is 0 Å². The zero-order chi connectivity index (χ0) is 29.3. The third-order valence-corrected chi connectivity index (χ3v) is 7.99. The lowest BCUT2D eigenvalue weighted by atomic mass is 9.93. The second-order valence-corrected chi connectivity index (χ2v) is 12.2. The van der Waals surface area contributed by atoms with E-state index in [-0.39, 0.29) is 17.4 Å². The summed E-state index contributed by atoms with van der Waals surface area (Å²) in [4.78, 5) is 42.5. The maximum Gasteiger partial charge on any atom is 0.271 e. The molecule has 2 N–H and O–H groups in total. The Bertz CT molecular complexity index is 1520. The van der Waals surface area contributed by atoms with Crippen LogP contribution in [0, 0.1) is 0 Å². The Kier molecular flexibility index (Phi) is 7.63. The summed E-state index contributed by atoms with van der Waals surface area (Å²) in [6, 6.07) is 8.43. The van der Waals surface area contributed by atoms with Gasteiger partial charge in [-0.2, -0.15) is 4.98 Å². The molecule has 1 aromatic carbocycles. The SMILES string of the molecule is CN1CCN(c2ccc(Nc3nc(N4CCCC(NC(=O)c5cnc(C(C)(C)C)cn5)C4)n4cncnc34)cc2)CC1. The molecule has 1 unspecified atom stereocenters. The summed E-state index contributed by atoms with van der Waals surface area (Å²) < 4.78 is 1.90. The number of amides is 1. The number of anilines is 4. The van der Waals surface area contributed by atoms with Crippen LogP contribution in [0.1, 0.15) is 49.8 Å². The lowest BCUT2D eigenvalue weighted by molar-refractivity contribution is 0.0927. The number of hydrogen-bond acceptors (Lipinski definition) is 10. The van der Waals surface area contributed by atoms with Crippen molar-refractivity contribution < 1.29 is 4.79 Å². The van der Waals surface area contributed by atoms with Crippen LogP contribution in [0.3, 0.4) is 0 Å². The average Bonchev–Trinajstić information content (AvgIpc) is 3.36. The van der Waals surface area contributed by atoms with Crippen molar-refractivity contribution in [1.82, 2.24) is 39.5 Å². The number of piperidine rings is 1. The number of hydrogen-bond donors (Lipinski definition) is 2. The van der Waals surface area contributed by atoms with Gasteiger partial charge >= 0.3 is 0 Å². The Morgan fingerprint density at radius 1 is 0.952 bits per heavy atom. The minimum absolute atomic E-state index is 0.0501. The van der Waals surface area contributed by atoms with Crippen molar-refractivity contribution in [1.29, 1.82) is 0 Å². The molecular weight excluding hydrogens is 530 g/mol. The van der Waals surface area contributed by atoms with Gasteiger partial charge in [-0.25, -0.2) is 15.0 Å². The van der Waals surface area contributed by atoms with Gasteiger partial charge < -0.3 is 25.3 Å². The molecule has 2 aliphatic rings. The number of nitrogens with one attached hydrogen (secondary N) is 2. The van der Waals surface area contributed by atoms with Crippen molar-refractivity contribution in [3.8, 4) is 0 Å². The highest BCUT2D eigenvalue weighted by Crippen LogP contribution is 2.28. The summed E-state index contributed by atoms with van der Waals surface area (Å²) in [7, 11) is 2.17. The first-order valence-corrected chi connectivity index (χ1v) is 14.6. The zero-order valence-corrected chi connectivity index (χ0v) is 24.8. The molecule has 0 bridgehead atoms. The third-order valence-electron chi connectivity index (χ3n) is 7.99. The predicted molar refractivity (Wildman–Crippen MR) is 164 cm³/mol. The summed E-state index contributed by atoms with van der Waals surface area (Å²) in [5, 5.41) is 6.61. The van der Waals surface area contributed by atoms with Crippen molar-refractivity contribution in [3.05, 3.63) is 60.7 Å². The summed E-state index contributed by atoms with van der Waals surface area (Å²) in [6.45, 7) is 11.9. The standard InChI is InChI=1S/C30H39N11O/c1-30(2,3)25-17-32-24(16-33-25)28(42)36-22-6-5-11-40(18-22)29-37-26(27-34-19-31-20-41(27)29)35-21-7-9-23(10-8-21)39-14-12-38(4)13-15-39/h7-10,16-17,19-20,22,35H,5-6,11-15,18H2,1-4H3,(H,36,42). The maximum atomic E-state index is 13.0. The molecule has 12 nitrogen and oxygen atoms in total. The van der Waals surface area contributed by atoms with Gasteiger partial charge in [-0.1, -0.05) is 20.8 Å². The number of benzene rings is 1. The van der Waals surface area contributed by atoms with Crippen molar-refractivity contribution >= 4 is 34.7 Å². The minimum Gasteiger partial charge on any atom is -0.369 e. The molecule has 2 aliphatic heterocycles. The molecule has 4 aromatic rings. The summed E-state index contributed by atoms with van der Waals surface area (Å²) in [6.07, 6.45) is 8.31. The Morgan fingerprint density at radius 2 is 1.74 bits per heavy atom. The van der Waals surface area contributed by atoms with E-state index in [4.69, 9.17) is 4.98 Å². The quantitative estimate of drug-likeness (QED) is 0.358. The molecule has 2 fully saturated rings. The first-order valence-electron chi connectivity index (χ1n) is 14.6. The molecule has 12 heteroatoms. The lowest BCUT2D eigenvalue weighted by Gasteiger charge is -2.34. The van der Waals surface area contributed by atoms with Crippen molar-refractivity contribution in [2.24, 2.45) is 0 Å². The third kappa shape index (κ3) is 5.98. The number of rotatable bonds is 6. The normalized spacial score (nSPS) is 18.3. The van der Waals surface area contributed by atoms with Crippen LogP contribution in [0.2, 0.25) is 0 Å². The first kappa shape index (κ1) is 27.8.